The van der Waals surface area contributed by atoms with Gasteiger partial charge in [-0.1, -0.05) is 20.3 Å². The molecule has 1 heteroatoms. The van der Waals surface area contributed by atoms with E-state index in [4.69, 9.17) is 4.74 Å². The first-order valence-corrected chi connectivity index (χ1v) is 4.28. The van der Waals surface area contributed by atoms with Crippen molar-refractivity contribution in [3.05, 3.63) is 6.42 Å². The smallest absolute Gasteiger partial charge is 0.0575 e. The van der Waals surface area contributed by atoms with Crippen molar-refractivity contribution in [3.8, 4) is 0 Å². The van der Waals surface area contributed by atoms with Gasteiger partial charge >= 0.3 is 0 Å². The predicted molar refractivity (Wildman–Crippen MR) is 44.9 cm³/mol. The molecule has 0 spiro atoms. The third kappa shape index (κ3) is 4.80. The largest absolute Gasteiger partial charge is 0.379 e. The van der Waals surface area contributed by atoms with Gasteiger partial charge in [0, 0.05) is 6.61 Å². The Morgan fingerprint density at radius 2 is 2.00 bits per heavy atom. The zero-order chi connectivity index (χ0) is 7.82. The summed E-state index contributed by atoms with van der Waals surface area (Å²) in [5.74, 6) is 0. The summed E-state index contributed by atoms with van der Waals surface area (Å²) in [6, 6.07) is 0. The first-order chi connectivity index (χ1) is 4.85. The van der Waals surface area contributed by atoms with Crippen LogP contribution in [0.2, 0.25) is 0 Å². The van der Waals surface area contributed by atoms with E-state index in [9.17, 15) is 0 Å². The second-order valence-corrected chi connectivity index (χ2v) is 2.42. The molecular weight excluding hydrogens is 124 g/mol. The predicted octanol–water partition coefficient (Wildman–Crippen LogP) is 2.81. The summed E-state index contributed by atoms with van der Waals surface area (Å²) in [6.07, 6.45) is 6.14. The number of hydrogen-bond acceptors (Lipinski definition) is 1. The molecule has 0 bridgehead atoms. The summed E-state index contributed by atoms with van der Waals surface area (Å²) in [6.45, 7) is 7.23. The third-order valence-corrected chi connectivity index (χ3v) is 1.58. The molecule has 0 amide bonds. The van der Waals surface area contributed by atoms with Crippen LogP contribution in [0.3, 0.4) is 0 Å². The molecule has 0 heterocycles. The Balaban J connectivity index is 3.21. The third-order valence-electron chi connectivity index (χ3n) is 1.58. The number of ether oxygens (including phenoxy) is 1. The van der Waals surface area contributed by atoms with Gasteiger partial charge in [-0.2, -0.15) is 0 Å². The summed E-state index contributed by atoms with van der Waals surface area (Å²) >= 11 is 0. The van der Waals surface area contributed by atoms with Crippen LogP contribution in [0.5, 0.6) is 0 Å². The molecule has 1 unspecified atom stereocenters. The van der Waals surface area contributed by atoms with Crippen LogP contribution in [-0.2, 0) is 4.74 Å². The summed E-state index contributed by atoms with van der Waals surface area (Å²) in [7, 11) is 0. The van der Waals surface area contributed by atoms with E-state index in [0.717, 1.165) is 25.9 Å². The molecule has 10 heavy (non-hydrogen) atoms. The van der Waals surface area contributed by atoms with Crippen LogP contribution in [0.15, 0.2) is 0 Å². The highest BCUT2D eigenvalue weighted by Crippen LogP contribution is 2.06. The summed E-state index contributed by atoms with van der Waals surface area (Å²) in [4.78, 5) is 0. The minimum Gasteiger partial charge on any atom is -0.379 e. The van der Waals surface area contributed by atoms with Crippen LogP contribution in [0, 0.1) is 6.42 Å². The Morgan fingerprint density at radius 3 is 2.40 bits per heavy atom. The van der Waals surface area contributed by atoms with Gasteiger partial charge in [0.15, 0.2) is 0 Å². The first-order valence-electron chi connectivity index (χ1n) is 4.28. The summed E-state index contributed by atoms with van der Waals surface area (Å²) < 4.78 is 5.46. The summed E-state index contributed by atoms with van der Waals surface area (Å²) in [5, 5.41) is 0. The van der Waals surface area contributed by atoms with Crippen molar-refractivity contribution in [1.29, 1.82) is 0 Å². The molecule has 0 fully saturated rings. The van der Waals surface area contributed by atoms with Crippen molar-refractivity contribution in [2.24, 2.45) is 0 Å². The Bertz CT molecular complexity index is 61.7. The van der Waals surface area contributed by atoms with Crippen molar-refractivity contribution < 1.29 is 4.74 Å². The summed E-state index contributed by atoms with van der Waals surface area (Å²) in [5.41, 5.74) is 0. The van der Waals surface area contributed by atoms with Crippen LogP contribution >= 0.6 is 0 Å². The monoisotopic (exact) mass is 143 g/mol. The average Bonchev–Trinajstić information content (AvgIpc) is 1.98. The van der Waals surface area contributed by atoms with Crippen molar-refractivity contribution in [3.63, 3.8) is 0 Å². The molecule has 0 aliphatic heterocycles. The second-order valence-electron chi connectivity index (χ2n) is 2.42. The van der Waals surface area contributed by atoms with Gasteiger partial charge in [0.2, 0.25) is 0 Å². The minimum absolute atomic E-state index is 0.463. The Labute approximate surface area is 64.8 Å². The van der Waals surface area contributed by atoms with Crippen molar-refractivity contribution in [2.75, 3.05) is 6.61 Å². The van der Waals surface area contributed by atoms with Crippen molar-refractivity contribution >= 4 is 0 Å². The second kappa shape index (κ2) is 7.07. The molecule has 0 aromatic heterocycles. The number of unbranched alkanes of at least 4 members (excludes halogenated alkanes) is 1. The van der Waals surface area contributed by atoms with Gasteiger partial charge in [-0.15, -0.1) is 0 Å². The van der Waals surface area contributed by atoms with Crippen LogP contribution in [0.1, 0.15) is 40.0 Å². The van der Waals surface area contributed by atoms with E-state index in [-0.39, 0.29) is 0 Å². The standard InChI is InChI=1S/C9H19O/c1-4-7-8-9(5-2)10-6-3/h7,9H,4-6,8H2,1-3H3. The highest BCUT2D eigenvalue weighted by molar-refractivity contribution is 4.68. The number of hydrogen-bond donors (Lipinski definition) is 0. The van der Waals surface area contributed by atoms with E-state index in [1.165, 1.54) is 0 Å². The quantitative estimate of drug-likeness (QED) is 0.555. The Morgan fingerprint density at radius 1 is 1.30 bits per heavy atom. The zero-order valence-corrected chi connectivity index (χ0v) is 7.39. The van der Waals surface area contributed by atoms with E-state index in [2.05, 4.69) is 27.2 Å². The molecule has 1 atom stereocenters. The maximum absolute atomic E-state index is 5.46. The lowest BCUT2D eigenvalue weighted by atomic mass is 10.1. The van der Waals surface area contributed by atoms with Crippen LogP contribution < -0.4 is 0 Å². The molecular formula is C9H19O. The van der Waals surface area contributed by atoms with E-state index in [1.807, 2.05) is 0 Å². The van der Waals surface area contributed by atoms with Gasteiger partial charge in [-0.25, -0.2) is 0 Å². The highest BCUT2D eigenvalue weighted by atomic mass is 16.5. The van der Waals surface area contributed by atoms with Gasteiger partial charge in [0.25, 0.3) is 0 Å². The molecule has 0 saturated carbocycles. The molecule has 0 aromatic rings. The van der Waals surface area contributed by atoms with Crippen LogP contribution in [0.4, 0.5) is 0 Å². The number of rotatable bonds is 6. The van der Waals surface area contributed by atoms with E-state index >= 15 is 0 Å². The van der Waals surface area contributed by atoms with Gasteiger partial charge in [-0.3, -0.25) is 0 Å². The average molecular weight is 143 g/mol. The lowest BCUT2D eigenvalue weighted by molar-refractivity contribution is 0.0596. The van der Waals surface area contributed by atoms with Crippen LogP contribution in [-0.4, -0.2) is 12.7 Å². The van der Waals surface area contributed by atoms with E-state index < -0.39 is 0 Å². The maximum atomic E-state index is 5.46. The van der Waals surface area contributed by atoms with Gasteiger partial charge in [0.05, 0.1) is 6.10 Å². The fourth-order valence-corrected chi connectivity index (χ4v) is 0.941. The van der Waals surface area contributed by atoms with E-state index in [1.54, 1.807) is 0 Å². The molecule has 0 aromatic carbocycles. The van der Waals surface area contributed by atoms with Gasteiger partial charge in [-0.05, 0) is 26.2 Å². The minimum atomic E-state index is 0.463. The zero-order valence-electron chi connectivity index (χ0n) is 7.39. The van der Waals surface area contributed by atoms with Gasteiger partial charge in [0.1, 0.15) is 0 Å². The highest BCUT2D eigenvalue weighted by Gasteiger charge is 2.02. The molecule has 0 N–H and O–H groups in total. The lowest BCUT2D eigenvalue weighted by Gasteiger charge is -2.13. The molecule has 61 valence electrons. The lowest BCUT2D eigenvalue weighted by Crippen LogP contribution is -2.11. The van der Waals surface area contributed by atoms with E-state index in [0.29, 0.717) is 6.10 Å². The SMILES string of the molecule is CC[CH]CC(CC)OCC. The van der Waals surface area contributed by atoms with Gasteiger partial charge < -0.3 is 4.74 Å². The molecule has 0 rings (SSSR count). The molecule has 0 aliphatic rings. The molecule has 0 aliphatic carbocycles. The maximum Gasteiger partial charge on any atom is 0.0575 e. The normalized spacial score (nSPS) is 13.5. The fraction of sp³-hybridized carbons (Fsp3) is 0.889. The molecule has 1 radical (unpaired) electrons. The fourth-order valence-electron chi connectivity index (χ4n) is 0.941. The van der Waals surface area contributed by atoms with Crippen LogP contribution in [0.25, 0.3) is 0 Å². The van der Waals surface area contributed by atoms with Crippen molar-refractivity contribution in [2.45, 2.75) is 46.1 Å². The Hall–Kier alpha value is -0.0400. The molecule has 0 saturated heterocycles. The molecule has 1 nitrogen and oxygen atoms in total. The topological polar surface area (TPSA) is 9.23 Å². The Kier molecular flexibility index (Phi) is 7.04. The van der Waals surface area contributed by atoms with Crippen molar-refractivity contribution in [1.82, 2.24) is 0 Å². The first kappa shape index (κ1) is 9.96.